The second kappa shape index (κ2) is 24.2. The van der Waals surface area contributed by atoms with Crippen molar-refractivity contribution in [1.29, 1.82) is 0 Å². The molecule has 0 N–H and O–H groups in total. The molecule has 0 radical (unpaired) electrons. The number of aromatic nitrogens is 6. The van der Waals surface area contributed by atoms with Crippen LogP contribution in [0.15, 0.2) is 105 Å². The average molecular weight is 956 g/mol. The van der Waals surface area contributed by atoms with Crippen LogP contribution in [0.4, 0.5) is 0 Å². The maximum atomic E-state index is 12.8. The Labute approximate surface area is 395 Å². The van der Waals surface area contributed by atoms with Crippen LogP contribution < -0.4 is 0 Å². The van der Waals surface area contributed by atoms with Crippen LogP contribution in [-0.2, 0) is 14.2 Å². The monoisotopic (exact) mass is 954 g/mol. The molecule has 4 aromatic carbocycles. The van der Waals surface area contributed by atoms with E-state index in [-0.39, 0.29) is 55.0 Å². The zero-order chi connectivity index (χ0) is 46.1. The van der Waals surface area contributed by atoms with Crippen molar-refractivity contribution in [1.82, 2.24) is 30.4 Å². The summed E-state index contributed by atoms with van der Waals surface area (Å²) in [7, 11) is 0. The second-order valence-corrected chi connectivity index (χ2v) is 16.1. The summed E-state index contributed by atoms with van der Waals surface area (Å²) in [5.74, 6) is 1.26. The molecule has 15 nitrogen and oxygen atoms in total. The van der Waals surface area contributed by atoms with Crippen molar-refractivity contribution in [3.05, 3.63) is 108 Å². The fourth-order valence-corrected chi connectivity index (χ4v) is 7.16. The molecule has 0 saturated carbocycles. The number of halogens is 3. The van der Waals surface area contributed by atoms with Crippen molar-refractivity contribution in [2.75, 3.05) is 37.5 Å². The summed E-state index contributed by atoms with van der Waals surface area (Å²) in [5, 5.41) is 12.7. The highest BCUT2D eigenvalue weighted by molar-refractivity contribution is 6.18. The zero-order valence-electron chi connectivity index (χ0n) is 35.8. The van der Waals surface area contributed by atoms with Gasteiger partial charge in [-0.25, -0.2) is 14.4 Å². The Morgan fingerprint density at radius 3 is 0.985 bits per heavy atom. The second-order valence-electron chi connectivity index (χ2n) is 15.0. The Kier molecular flexibility index (Phi) is 17.4. The first kappa shape index (κ1) is 47.5. The van der Waals surface area contributed by atoms with Crippen LogP contribution >= 0.6 is 34.8 Å². The lowest BCUT2D eigenvalue weighted by molar-refractivity contribution is 0.0489. The van der Waals surface area contributed by atoms with Gasteiger partial charge in [0, 0.05) is 51.0 Å². The molecule has 0 atom stereocenters. The molecule has 0 amide bonds. The molecule has 0 aliphatic heterocycles. The summed E-state index contributed by atoms with van der Waals surface area (Å²) >= 11 is 17.3. The maximum Gasteiger partial charge on any atom is 0.338 e. The van der Waals surface area contributed by atoms with Gasteiger partial charge in [-0.05, 0) is 112 Å². The van der Waals surface area contributed by atoms with Crippen molar-refractivity contribution < 1.29 is 42.2 Å². The topological polar surface area (TPSA) is 196 Å². The van der Waals surface area contributed by atoms with Crippen molar-refractivity contribution in [3.8, 4) is 68.5 Å². The number of unbranched alkanes of at least 4 members (excludes halogenated alkanes) is 6. The van der Waals surface area contributed by atoms with Crippen molar-refractivity contribution in [2.24, 2.45) is 0 Å². The molecule has 342 valence electrons. The van der Waals surface area contributed by atoms with Gasteiger partial charge in [0.2, 0.25) is 17.5 Å². The standard InChI is InChI=1S/C48H45Cl3N6O9/c49-19-4-1-7-22-61-46(58)34-16-10-13-31(25-34)40-52-43(64-55-40)37-28-38(44-53-41(56-65-44)32-14-11-17-35(26-32)47(59)62-23-8-2-5-20-50)30-39(29-37)45-54-42(57-66-45)33-15-12-18-36(27-33)48(60)63-24-9-3-6-21-51/h10-18,25-30H,1-9,19-24H2. The number of nitrogens with zero attached hydrogens (tertiary/aromatic N) is 6. The van der Waals surface area contributed by atoms with Gasteiger partial charge in [0.1, 0.15) is 0 Å². The van der Waals surface area contributed by atoms with E-state index in [0.717, 1.165) is 38.5 Å². The lowest BCUT2D eigenvalue weighted by atomic mass is 10.0. The van der Waals surface area contributed by atoms with Crippen LogP contribution in [0.1, 0.15) is 88.9 Å². The summed E-state index contributed by atoms with van der Waals surface area (Å²) in [5.41, 5.74) is 3.87. The summed E-state index contributed by atoms with van der Waals surface area (Å²) in [4.78, 5) is 52.5. The molecule has 0 unspecified atom stereocenters. The molecule has 0 saturated heterocycles. The highest BCUT2D eigenvalue weighted by atomic mass is 35.5. The first-order valence-corrected chi connectivity index (χ1v) is 23.1. The van der Waals surface area contributed by atoms with Gasteiger partial charge in [-0.3, -0.25) is 0 Å². The van der Waals surface area contributed by atoms with Crippen molar-refractivity contribution in [3.63, 3.8) is 0 Å². The minimum absolute atomic E-state index is 0.114. The quantitative estimate of drug-likeness (QED) is 0.0240. The molecule has 0 bridgehead atoms. The minimum atomic E-state index is -0.470. The summed E-state index contributed by atoms with van der Waals surface area (Å²) in [6.07, 6.45) is 7.25. The van der Waals surface area contributed by atoms with Gasteiger partial charge in [-0.2, -0.15) is 15.0 Å². The number of carbonyl (C=O) groups is 3. The van der Waals surface area contributed by atoms with E-state index in [9.17, 15) is 14.4 Å². The lowest BCUT2D eigenvalue weighted by Crippen LogP contribution is -2.06. The Bertz CT molecular complexity index is 2420. The van der Waals surface area contributed by atoms with Crippen molar-refractivity contribution in [2.45, 2.75) is 57.8 Å². The predicted molar refractivity (Wildman–Crippen MR) is 247 cm³/mol. The fourth-order valence-electron chi connectivity index (χ4n) is 6.59. The third kappa shape index (κ3) is 12.9. The van der Waals surface area contributed by atoms with Gasteiger partial charge < -0.3 is 27.8 Å². The molecule has 66 heavy (non-hydrogen) atoms. The number of hydrogen-bond donors (Lipinski definition) is 0. The van der Waals surface area contributed by atoms with Gasteiger partial charge in [-0.1, -0.05) is 51.9 Å². The number of ether oxygens (including phenoxy) is 3. The fraction of sp³-hybridized carbons (Fsp3) is 0.312. The highest BCUT2D eigenvalue weighted by Crippen LogP contribution is 2.34. The number of hydrogen-bond acceptors (Lipinski definition) is 15. The molecule has 0 spiro atoms. The van der Waals surface area contributed by atoms with E-state index in [1.807, 2.05) is 0 Å². The summed E-state index contributed by atoms with van der Waals surface area (Å²) in [6.45, 7) is 0.840. The number of benzene rings is 4. The van der Waals surface area contributed by atoms with E-state index in [0.29, 0.717) is 87.0 Å². The third-order valence-electron chi connectivity index (χ3n) is 10.1. The highest BCUT2D eigenvalue weighted by Gasteiger charge is 2.22. The van der Waals surface area contributed by atoms with Crippen LogP contribution in [0.2, 0.25) is 0 Å². The van der Waals surface area contributed by atoms with Crippen LogP contribution in [-0.4, -0.2) is 85.8 Å². The van der Waals surface area contributed by atoms with Crippen molar-refractivity contribution >= 4 is 52.7 Å². The van der Waals surface area contributed by atoms with Crippen LogP contribution in [0.5, 0.6) is 0 Å². The van der Waals surface area contributed by atoms with Crippen LogP contribution in [0.3, 0.4) is 0 Å². The van der Waals surface area contributed by atoms with Crippen LogP contribution in [0.25, 0.3) is 68.5 Å². The SMILES string of the molecule is O=C(OCCCCCCl)c1cccc(-c2noc(-c3cc(-c4nc(-c5cccc(C(=O)OCCCCCCl)c5)no4)cc(-c4nc(-c5cccc(C(=O)OCCCCCCl)c5)no4)c3)n2)c1. The average Bonchev–Trinajstić information content (AvgIpc) is 4.17. The molecule has 0 aliphatic carbocycles. The van der Waals surface area contributed by atoms with E-state index < -0.39 is 17.9 Å². The maximum absolute atomic E-state index is 12.8. The molecule has 0 fully saturated rings. The Balaban J connectivity index is 1.17. The zero-order valence-corrected chi connectivity index (χ0v) is 38.0. The molecule has 7 rings (SSSR count). The summed E-state index contributed by atoms with van der Waals surface area (Å²) < 4.78 is 33.7. The van der Waals surface area contributed by atoms with Gasteiger partial charge >= 0.3 is 17.9 Å². The molecular formula is C48H45Cl3N6O9. The van der Waals surface area contributed by atoms with E-state index in [1.165, 1.54) is 0 Å². The van der Waals surface area contributed by atoms with E-state index in [1.54, 1.807) is 91.0 Å². The van der Waals surface area contributed by atoms with Gasteiger partial charge in [0.25, 0.3) is 17.7 Å². The normalized spacial score (nSPS) is 11.1. The molecule has 3 aromatic heterocycles. The molecule has 0 aliphatic rings. The van der Waals surface area contributed by atoms with E-state index in [4.69, 9.17) is 62.6 Å². The van der Waals surface area contributed by atoms with Gasteiger partial charge in [0.05, 0.1) is 36.5 Å². The number of carbonyl (C=O) groups excluding carboxylic acids is 3. The largest absolute Gasteiger partial charge is 0.462 e. The molecule has 18 heteroatoms. The van der Waals surface area contributed by atoms with E-state index >= 15 is 0 Å². The number of esters is 3. The van der Waals surface area contributed by atoms with Gasteiger partial charge in [-0.15, -0.1) is 34.8 Å². The van der Waals surface area contributed by atoms with Gasteiger partial charge in [0.15, 0.2) is 0 Å². The smallest absolute Gasteiger partial charge is 0.338 e. The first-order chi connectivity index (χ1) is 32.3. The molecular weight excluding hydrogens is 911 g/mol. The number of alkyl halides is 3. The predicted octanol–water partition coefficient (Wildman–Crippen LogP) is 11.5. The minimum Gasteiger partial charge on any atom is -0.462 e. The number of rotatable bonds is 24. The Morgan fingerprint density at radius 1 is 0.394 bits per heavy atom. The summed E-state index contributed by atoms with van der Waals surface area (Å²) in [6, 6.07) is 25.4. The Hall–Kier alpha value is -6.42. The lowest BCUT2D eigenvalue weighted by Gasteiger charge is -2.05. The van der Waals surface area contributed by atoms with E-state index in [2.05, 4.69) is 30.4 Å². The molecule has 7 aromatic rings. The first-order valence-electron chi connectivity index (χ1n) is 21.5. The Morgan fingerprint density at radius 2 is 0.697 bits per heavy atom. The molecule has 3 heterocycles. The third-order valence-corrected chi connectivity index (χ3v) is 10.9. The van der Waals surface area contributed by atoms with Crippen LogP contribution in [0, 0.1) is 0 Å².